The number of benzene rings is 2. The molecule has 136 valence electrons. The molecule has 27 heavy (non-hydrogen) atoms. The maximum absolute atomic E-state index is 11.9. The van der Waals surface area contributed by atoms with E-state index in [1.54, 1.807) is 6.07 Å². The summed E-state index contributed by atoms with van der Waals surface area (Å²) in [5, 5.41) is 11.8. The van der Waals surface area contributed by atoms with Crippen LogP contribution in [0, 0.1) is 10.1 Å². The van der Waals surface area contributed by atoms with Crippen molar-refractivity contribution in [1.82, 2.24) is 4.98 Å². The van der Waals surface area contributed by atoms with E-state index in [-0.39, 0.29) is 11.3 Å². The minimum absolute atomic E-state index is 0.0566. The van der Waals surface area contributed by atoms with Crippen molar-refractivity contribution in [2.24, 2.45) is 0 Å². The van der Waals surface area contributed by atoms with Gasteiger partial charge in [-0.25, -0.2) is 9.78 Å². The van der Waals surface area contributed by atoms with Gasteiger partial charge < -0.3 is 4.42 Å². The van der Waals surface area contributed by atoms with Crippen molar-refractivity contribution < 1.29 is 9.34 Å². The van der Waals surface area contributed by atoms with Crippen molar-refractivity contribution in [3.05, 3.63) is 74.1 Å². The molecule has 0 unspecified atom stereocenters. The van der Waals surface area contributed by atoms with Crippen LogP contribution in [0.25, 0.3) is 21.2 Å². The van der Waals surface area contributed by atoms with Crippen LogP contribution in [0.4, 0.5) is 5.69 Å². The van der Waals surface area contributed by atoms with E-state index in [9.17, 15) is 14.9 Å². The van der Waals surface area contributed by atoms with E-state index in [1.165, 1.54) is 41.3 Å². The molecule has 4 rings (SSSR count). The number of hydrogen-bond acceptors (Lipinski definition) is 7. The number of nitro groups is 1. The first-order valence-electron chi connectivity index (χ1n) is 8.27. The molecular formula is C19H14N2O4S2. The second-order valence-electron chi connectivity index (χ2n) is 5.95. The number of nitrogens with zero attached hydrogens (tertiary/aromatic N) is 2. The molecule has 0 saturated heterocycles. The number of rotatable bonds is 5. The zero-order valence-electron chi connectivity index (χ0n) is 14.3. The monoisotopic (exact) mass is 398 g/mol. The van der Waals surface area contributed by atoms with Crippen LogP contribution in [-0.2, 0) is 12.2 Å². The lowest BCUT2D eigenvalue weighted by atomic mass is 10.1. The Bertz CT molecular complexity index is 1230. The first kappa shape index (κ1) is 17.7. The number of nitro benzene ring substituents is 1. The number of hydrogen-bond donors (Lipinski definition) is 0. The highest BCUT2D eigenvalue weighted by Crippen LogP contribution is 2.34. The summed E-state index contributed by atoms with van der Waals surface area (Å²) >= 11 is 2.91. The van der Waals surface area contributed by atoms with Gasteiger partial charge >= 0.3 is 5.63 Å². The van der Waals surface area contributed by atoms with Crippen LogP contribution >= 0.6 is 23.1 Å². The molecule has 0 radical (unpaired) electrons. The minimum atomic E-state index is -0.411. The van der Waals surface area contributed by atoms with Gasteiger partial charge in [0.15, 0.2) is 4.34 Å². The molecule has 2 aromatic heterocycles. The molecule has 6 nitrogen and oxygen atoms in total. The molecule has 0 aliphatic heterocycles. The van der Waals surface area contributed by atoms with E-state index in [0.717, 1.165) is 37.5 Å². The third kappa shape index (κ3) is 3.58. The topological polar surface area (TPSA) is 86.2 Å². The van der Waals surface area contributed by atoms with Gasteiger partial charge in [0.1, 0.15) is 5.58 Å². The highest BCUT2D eigenvalue weighted by molar-refractivity contribution is 8.00. The van der Waals surface area contributed by atoms with Crippen LogP contribution in [0.2, 0.25) is 0 Å². The van der Waals surface area contributed by atoms with Gasteiger partial charge in [-0.1, -0.05) is 30.8 Å². The molecule has 0 aliphatic rings. The summed E-state index contributed by atoms with van der Waals surface area (Å²) in [6.07, 6.45) is 0.871. The molecule has 0 fully saturated rings. The molecule has 2 heterocycles. The fourth-order valence-electron chi connectivity index (χ4n) is 2.82. The molecule has 8 heteroatoms. The number of fused-ring (bicyclic) bond motifs is 2. The Labute approximate surface area is 162 Å². The van der Waals surface area contributed by atoms with Gasteiger partial charge in [0, 0.05) is 29.3 Å². The summed E-state index contributed by atoms with van der Waals surface area (Å²) in [6.45, 7) is 2.05. The average Bonchev–Trinajstić information content (AvgIpc) is 3.07. The quantitative estimate of drug-likeness (QED) is 0.200. The van der Waals surface area contributed by atoms with Crippen LogP contribution in [-0.4, -0.2) is 9.91 Å². The molecule has 0 atom stereocenters. The van der Waals surface area contributed by atoms with Crippen LogP contribution in [0.3, 0.4) is 0 Å². The molecule has 0 N–H and O–H groups in total. The normalized spacial score (nSPS) is 11.3. The van der Waals surface area contributed by atoms with Crippen molar-refractivity contribution in [3.63, 3.8) is 0 Å². The van der Waals surface area contributed by atoms with E-state index in [1.807, 2.05) is 18.2 Å². The van der Waals surface area contributed by atoms with E-state index >= 15 is 0 Å². The average molecular weight is 398 g/mol. The molecule has 0 spiro atoms. The first-order chi connectivity index (χ1) is 13.0. The standard InChI is InChI=1S/C19H14N2O4S2/c1-2-11-3-5-14-12(8-18(22)25-16(14)7-11)10-26-19-20-15-6-4-13(21(23)24)9-17(15)27-19/h3-9H,2,10H2,1H3. The number of aromatic nitrogens is 1. The zero-order chi connectivity index (χ0) is 19.0. The van der Waals surface area contributed by atoms with Crippen molar-refractivity contribution in [2.75, 3.05) is 0 Å². The van der Waals surface area contributed by atoms with Gasteiger partial charge in [-0.2, -0.15) is 0 Å². The zero-order valence-corrected chi connectivity index (χ0v) is 15.9. The van der Waals surface area contributed by atoms with E-state index in [4.69, 9.17) is 4.42 Å². The molecule has 0 saturated carbocycles. The molecule has 2 aromatic carbocycles. The maximum atomic E-state index is 11.9. The Morgan fingerprint density at radius 3 is 2.85 bits per heavy atom. The lowest BCUT2D eigenvalue weighted by molar-refractivity contribution is -0.384. The fraction of sp³-hybridized carbons (Fsp3) is 0.158. The van der Waals surface area contributed by atoms with Crippen molar-refractivity contribution in [1.29, 1.82) is 0 Å². The summed E-state index contributed by atoms with van der Waals surface area (Å²) in [5.74, 6) is 0.565. The Morgan fingerprint density at radius 2 is 2.07 bits per heavy atom. The molecule has 0 bridgehead atoms. The Morgan fingerprint density at radius 1 is 1.22 bits per heavy atom. The second-order valence-corrected chi connectivity index (χ2v) is 8.21. The van der Waals surface area contributed by atoms with E-state index in [0.29, 0.717) is 11.3 Å². The largest absolute Gasteiger partial charge is 0.423 e. The highest BCUT2D eigenvalue weighted by atomic mass is 32.2. The second kappa shape index (κ2) is 7.13. The Balaban J connectivity index is 1.64. The van der Waals surface area contributed by atoms with Gasteiger partial charge in [-0.15, -0.1) is 11.3 Å². The van der Waals surface area contributed by atoms with Gasteiger partial charge in [0.25, 0.3) is 5.69 Å². The van der Waals surface area contributed by atoms with Gasteiger partial charge in [0.2, 0.25) is 0 Å². The fourth-order valence-corrected chi connectivity index (χ4v) is 4.91. The first-order valence-corrected chi connectivity index (χ1v) is 10.1. The summed E-state index contributed by atoms with van der Waals surface area (Å²) in [6, 6.07) is 12.1. The van der Waals surface area contributed by atoms with Gasteiger partial charge in [-0.05, 0) is 29.7 Å². The predicted octanol–water partition coefficient (Wildman–Crippen LogP) is 5.17. The third-order valence-corrected chi connectivity index (χ3v) is 6.43. The Kier molecular flexibility index (Phi) is 4.67. The summed E-state index contributed by atoms with van der Waals surface area (Å²) in [4.78, 5) is 26.9. The summed E-state index contributed by atoms with van der Waals surface area (Å²) in [7, 11) is 0. The highest BCUT2D eigenvalue weighted by Gasteiger charge is 2.12. The van der Waals surface area contributed by atoms with E-state index < -0.39 is 4.92 Å². The SMILES string of the molecule is CCc1ccc2c(CSc3nc4ccc([N+](=O)[O-])cc4s3)cc(=O)oc2c1. The Hall–Kier alpha value is -2.71. The minimum Gasteiger partial charge on any atom is -0.423 e. The lowest BCUT2D eigenvalue weighted by Crippen LogP contribution is -2.00. The summed E-state index contributed by atoms with van der Waals surface area (Å²) < 4.78 is 6.92. The van der Waals surface area contributed by atoms with Gasteiger partial charge in [-0.3, -0.25) is 10.1 Å². The number of thioether (sulfide) groups is 1. The van der Waals surface area contributed by atoms with Crippen LogP contribution in [0.1, 0.15) is 18.1 Å². The maximum Gasteiger partial charge on any atom is 0.336 e. The van der Waals surface area contributed by atoms with Crippen LogP contribution < -0.4 is 5.63 Å². The van der Waals surface area contributed by atoms with Crippen molar-refractivity contribution in [3.8, 4) is 0 Å². The number of aryl methyl sites for hydroxylation is 1. The number of non-ortho nitro benzene ring substituents is 1. The van der Waals surface area contributed by atoms with Crippen LogP contribution in [0.5, 0.6) is 0 Å². The van der Waals surface area contributed by atoms with Crippen molar-refractivity contribution >= 4 is 50.0 Å². The van der Waals surface area contributed by atoms with Crippen molar-refractivity contribution in [2.45, 2.75) is 23.4 Å². The van der Waals surface area contributed by atoms with Crippen LogP contribution in [0.15, 0.2) is 56.0 Å². The molecular weight excluding hydrogens is 384 g/mol. The third-order valence-electron chi connectivity index (χ3n) is 4.22. The smallest absolute Gasteiger partial charge is 0.336 e. The molecule has 4 aromatic rings. The molecule has 0 aliphatic carbocycles. The lowest BCUT2D eigenvalue weighted by Gasteiger charge is -2.05. The summed E-state index contributed by atoms with van der Waals surface area (Å²) in [5.41, 5.74) is 3.02. The molecule has 0 amide bonds. The van der Waals surface area contributed by atoms with E-state index in [2.05, 4.69) is 11.9 Å². The number of thiazole rings is 1. The van der Waals surface area contributed by atoms with Gasteiger partial charge in [0.05, 0.1) is 15.1 Å². The predicted molar refractivity (Wildman–Crippen MR) is 108 cm³/mol.